The minimum Gasteiger partial charge on any atom is -0.353 e. The van der Waals surface area contributed by atoms with Gasteiger partial charge in [-0.25, -0.2) is 4.39 Å². The number of amides is 1. The normalized spacial score (nSPS) is 26.5. The van der Waals surface area contributed by atoms with Crippen LogP contribution in [0, 0.1) is 5.92 Å². The van der Waals surface area contributed by atoms with E-state index in [9.17, 15) is 9.18 Å². The Bertz CT molecular complexity index is 489. The molecule has 114 valence electrons. The lowest BCUT2D eigenvalue weighted by atomic mass is 9.93. The molecule has 1 aromatic rings. The van der Waals surface area contributed by atoms with Gasteiger partial charge in [0.25, 0.3) is 5.91 Å². The lowest BCUT2D eigenvalue weighted by Gasteiger charge is -2.36. The third kappa shape index (κ3) is 3.82. The number of carbonyl (C=O) groups excluding carboxylic acids is 1. The number of nitrogens with zero attached hydrogens (tertiary/aromatic N) is 1. The Kier molecular flexibility index (Phi) is 4.24. The molecule has 1 aromatic carbocycles. The van der Waals surface area contributed by atoms with Gasteiger partial charge in [-0.1, -0.05) is 30.3 Å². The van der Waals surface area contributed by atoms with Crippen molar-refractivity contribution in [2.24, 2.45) is 5.92 Å². The third-order valence-corrected chi connectivity index (χ3v) is 4.43. The Morgan fingerprint density at radius 1 is 1.33 bits per heavy atom. The second-order valence-electron chi connectivity index (χ2n) is 6.42. The van der Waals surface area contributed by atoms with Gasteiger partial charge in [0.15, 0.2) is 0 Å². The van der Waals surface area contributed by atoms with E-state index in [4.69, 9.17) is 0 Å². The van der Waals surface area contributed by atoms with Gasteiger partial charge >= 0.3 is 0 Å². The van der Waals surface area contributed by atoms with Crippen molar-refractivity contribution < 1.29 is 9.18 Å². The van der Waals surface area contributed by atoms with Crippen molar-refractivity contribution in [3.63, 3.8) is 0 Å². The molecule has 0 radical (unpaired) electrons. The van der Waals surface area contributed by atoms with Crippen LogP contribution in [0.25, 0.3) is 0 Å². The molecule has 0 aromatic heterocycles. The van der Waals surface area contributed by atoms with Gasteiger partial charge in [-0.2, -0.15) is 0 Å². The molecule has 0 bridgehead atoms. The van der Waals surface area contributed by atoms with E-state index in [0.717, 1.165) is 13.0 Å². The molecule has 4 heteroatoms. The second-order valence-corrected chi connectivity index (χ2v) is 6.42. The van der Waals surface area contributed by atoms with E-state index < -0.39 is 11.6 Å². The van der Waals surface area contributed by atoms with Gasteiger partial charge in [-0.3, -0.25) is 9.69 Å². The number of likely N-dealkylation sites (tertiary alicyclic amines) is 1. The van der Waals surface area contributed by atoms with Crippen LogP contribution in [-0.4, -0.2) is 36.1 Å². The van der Waals surface area contributed by atoms with Crippen LogP contribution in [0.4, 0.5) is 4.39 Å². The Balaban J connectivity index is 1.57. The van der Waals surface area contributed by atoms with Crippen LogP contribution in [0.15, 0.2) is 30.3 Å². The highest BCUT2D eigenvalue weighted by molar-refractivity contribution is 5.85. The van der Waals surface area contributed by atoms with Crippen molar-refractivity contribution in [2.75, 3.05) is 19.6 Å². The first-order valence-corrected chi connectivity index (χ1v) is 7.89. The molecule has 2 fully saturated rings. The summed E-state index contributed by atoms with van der Waals surface area (Å²) in [6.45, 7) is 2.42. The molecular weight excluding hydrogens is 267 g/mol. The fraction of sp³-hybridized carbons (Fsp3) is 0.588. The molecule has 1 amide bonds. The first kappa shape index (κ1) is 14.5. The van der Waals surface area contributed by atoms with Gasteiger partial charge in [0.1, 0.15) is 0 Å². The topological polar surface area (TPSA) is 32.3 Å². The fourth-order valence-corrected chi connectivity index (χ4v) is 2.97. The second kappa shape index (κ2) is 6.14. The summed E-state index contributed by atoms with van der Waals surface area (Å²) in [6.07, 6.45) is 3.41. The van der Waals surface area contributed by atoms with Crippen LogP contribution in [-0.2, 0) is 11.3 Å². The zero-order chi connectivity index (χ0) is 14.7. The molecule has 21 heavy (non-hydrogen) atoms. The molecule has 1 saturated heterocycles. The summed E-state index contributed by atoms with van der Waals surface area (Å²) >= 11 is 0. The van der Waals surface area contributed by atoms with Gasteiger partial charge in [0, 0.05) is 19.6 Å². The molecule has 1 N–H and O–H groups in total. The van der Waals surface area contributed by atoms with Crippen molar-refractivity contribution in [3.05, 3.63) is 35.9 Å². The minimum absolute atomic E-state index is 0.207. The average Bonchev–Trinajstić information content (AvgIpc) is 3.30. The number of carbonyl (C=O) groups is 1. The summed E-state index contributed by atoms with van der Waals surface area (Å²) in [7, 11) is 0. The van der Waals surface area contributed by atoms with Gasteiger partial charge in [-0.05, 0) is 43.7 Å². The number of halogens is 1. The lowest BCUT2D eigenvalue weighted by molar-refractivity contribution is -0.136. The molecule has 1 aliphatic carbocycles. The summed E-state index contributed by atoms with van der Waals surface area (Å²) in [4.78, 5) is 14.2. The molecular formula is C17H23FN2O. The van der Waals surface area contributed by atoms with E-state index in [0.29, 0.717) is 25.4 Å². The summed E-state index contributed by atoms with van der Waals surface area (Å²) in [5.41, 5.74) is -0.554. The van der Waals surface area contributed by atoms with Crippen molar-refractivity contribution in [1.29, 1.82) is 0 Å². The van der Waals surface area contributed by atoms with Crippen LogP contribution in [0.3, 0.4) is 0 Å². The standard InChI is InChI=1S/C17H23FN2O/c18-17(16(21)19-11-14-7-8-14)9-4-10-20(13-17)12-15-5-2-1-3-6-15/h1-3,5-6,14H,4,7-13H2,(H,19,21). The fourth-order valence-electron chi connectivity index (χ4n) is 2.97. The van der Waals surface area contributed by atoms with E-state index >= 15 is 0 Å². The van der Waals surface area contributed by atoms with Crippen LogP contribution in [0.5, 0.6) is 0 Å². The molecule has 1 saturated carbocycles. The third-order valence-electron chi connectivity index (χ3n) is 4.43. The SMILES string of the molecule is O=C(NCC1CC1)C1(F)CCCN(Cc2ccccc2)C1. The van der Waals surface area contributed by atoms with Gasteiger partial charge < -0.3 is 5.32 Å². The maximum Gasteiger partial charge on any atom is 0.259 e. The van der Waals surface area contributed by atoms with Gasteiger partial charge in [-0.15, -0.1) is 0 Å². The molecule has 1 unspecified atom stereocenters. The zero-order valence-electron chi connectivity index (χ0n) is 12.4. The minimum atomic E-state index is -1.72. The monoisotopic (exact) mass is 290 g/mol. The van der Waals surface area contributed by atoms with Gasteiger partial charge in [0.2, 0.25) is 5.67 Å². The highest BCUT2D eigenvalue weighted by atomic mass is 19.1. The summed E-state index contributed by atoms with van der Waals surface area (Å²) in [5, 5.41) is 2.80. The van der Waals surface area contributed by atoms with Crippen LogP contribution in [0.1, 0.15) is 31.2 Å². The van der Waals surface area contributed by atoms with E-state index in [1.165, 1.54) is 18.4 Å². The Morgan fingerprint density at radius 2 is 2.10 bits per heavy atom. The van der Waals surface area contributed by atoms with Crippen molar-refractivity contribution >= 4 is 5.91 Å². The van der Waals surface area contributed by atoms with E-state index in [1.54, 1.807) is 0 Å². The van der Waals surface area contributed by atoms with E-state index in [1.807, 2.05) is 30.3 Å². The average molecular weight is 290 g/mol. The first-order chi connectivity index (χ1) is 10.2. The summed E-state index contributed by atoms with van der Waals surface area (Å²) in [5.74, 6) is 0.175. The molecule has 0 spiro atoms. The number of rotatable bonds is 5. The maximum atomic E-state index is 14.9. The molecule has 1 atom stereocenters. The van der Waals surface area contributed by atoms with Crippen molar-refractivity contribution in [1.82, 2.24) is 10.2 Å². The highest BCUT2D eigenvalue weighted by Gasteiger charge is 2.42. The van der Waals surface area contributed by atoms with Crippen molar-refractivity contribution in [3.8, 4) is 0 Å². The zero-order valence-corrected chi connectivity index (χ0v) is 12.4. The summed E-state index contributed by atoms with van der Waals surface area (Å²) < 4.78 is 14.9. The lowest BCUT2D eigenvalue weighted by Crippen LogP contribution is -2.54. The molecule has 1 heterocycles. The quantitative estimate of drug-likeness (QED) is 0.904. The number of benzene rings is 1. The van der Waals surface area contributed by atoms with Crippen LogP contribution in [0.2, 0.25) is 0 Å². The number of piperidine rings is 1. The van der Waals surface area contributed by atoms with Crippen LogP contribution >= 0.6 is 0 Å². The smallest absolute Gasteiger partial charge is 0.259 e. The summed E-state index contributed by atoms with van der Waals surface area (Å²) in [6, 6.07) is 10.0. The molecule has 3 rings (SSSR count). The number of nitrogens with one attached hydrogen (secondary N) is 1. The number of alkyl halides is 1. The highest BCUT2D eigenvalue weighted by Crippen LogP contribution is 2.29. The maximum absolute atomic E-state index is 14.9. The Labute approximate surface area is 125 Å². The van der Waals surface area contributed by atoms with E-state index in [-0.39, 0.29) is 6.54 Å². The number of hydrogen-bond donors (Lipinski definition) is 1. The van der Waals surface area contributed by atoms with Crippen LogP contribution < -0.4 is 5.32 Å². The largest absolute Gasteiger partial charge is 0.353 e. The van der Waals surface area contributed by atoms with Gasteiger partial charge in [0.05, 0.1) is 0 Å². The predicted molar refractivity (Wildman–Crippen MR) is 80.5 cm³/mol. The first-order valence-electron chi connectivity index (χ1n) is 7.89. The molecule has 2 aliphatic rings. The van der Waals surface area contributed by atoms with Crippen molar-refractivity contribution in [2.45, 2.75) is 37.9 Å². The Hall–Kier alpha value is -1.42. The predicted octanol–water partition coefficient (Wildman–Crippen LogP) is 2.52. The number of hydrogen-bond acceptors (Lipinski definition) is 2. The molecule has 1 aliphatic heterocycles. The molecule has 3 nitrogen and oxygen atoms in total. The Morgan fingerprint density at radius 3 is 2.81 bits per heavy atom. The van der Waals surface area contributed by atoms with E-state index in [2.05, 4.69) is 10.2 Å².